The van der Waals surface area contributed by atoms with Crippen molar-refractivity contribution < 1.29 is 8.33 Å². The summed E-state index contributed by atoms with van der Waals surface area (Å²) < 4.78 is 0. The first-order valence-corrected chi connectivity index (χ1v) is 14.6. The Hall–Kier alpha value is 1.86. The summed E-state index contributed by atoms with van der Waals surface area (Å²) in [6.07, 6.45) is 7.46. The van der Waals surface area contributed by atoms with E-state index in [2.05, 4.69) is 66.2 Å². The van der Waals surface area contributed by atoms with Gasteiger partial charge in [-0.1, -0.05) is 65.2 Å². The van der Waals surface area contributed by atoms with Crippen LogP contribution in [0.1, 0.15) is 41.4 Å². The van der Waals surface area contributed by atoms with E-state index in [-0.39, 0.29) is 56.1 Å². The standard InChI is InChI=1S/C8H16.2C4H11Si.H2O.2Sn.2H2/c1-3-5-7-8-6-4-2;2*1-5(2,3)4;;;;;/h1-8H2;2*1H2,2-4H3;1H2;;;2*1H. The van der Waals surface area contributed by atoms with E-state index < -0.39 is 16.1 Å². The summed E-state index contributed by atoms with van der Waals surface area (Å²) in [6.45, 7) is 28.6. The van der Waals surface area contributed by atoms with Crippen molar-refractivity contribution in [2.75, 3.05) is 0 Å². The topological polar surface area (TPSA) is 31.5 Å². The number of hydrogen-bond acceptors (Lipinski definition) is 0. The third kappa shape index (κ3) is 183. The van der Waals surface area contributed by atoms with E-state index in [4.69, 9.17) is 0 Å². The van der Waals surface area contributed by atoms with E-state index in [1.807, 2.05) is 0 Å². The van der Waals surface area contributed by atoms with Gasteiger partial charge in [0, 0.05) is 66.8 Å². The van der Waals surface area contributed by atoms with Crippen LogP contribution in [0.15, 0.2) is 0 Å². The maximum atomic E-state index is 3.91. The minimum atomic E-state index is -0.861. The van der Waals surface area contributed by atoms with E-state index >= 15 is 0 Å². The maximum Gasteiger partial charge on any atom is 0.0850 e. The van der Waals surface area contributed by atoms with Crippen molar-refractivity contribution in [2.24, 2.45) is 0 Å². The summed E-state index contributed by atoms with van der Waals surface area (Å²) in [4.78, 5) is 0. The second-order valence-corrected chi connectivity index (χ2v) is 17.5. The summed E-state index contributed by atoms with van der Waals surface area (Å²) in [5, 5.41) is 0. The molecule has 0 aromatic carbocycles. The first-order chi connectivity index (χ1) is 7.91. The second kappa shape index (κ2) is 24.1. The van der Waals surface area contributed by atoms with Crippen LogP contribution in [0.4, 0.5) is 0 Å². The molecule has 0 saturated carbocycles. The Balaban J connectivity index is -0.0000000228. The Morgan fingerprint density at radius 1 is 0.810 bits per heavy atom. The summed E-state index contributed by atoms with van der Waals surface area (Å²) in [5.74, 6) is 0. The predicted octanol–water partition coefficient (Wildman–Crippen LogP) is 5.30. The van der Waals surface area contributed by atoms with Crippen LogP contribution >= 0.6 is 0 Å². The van der Waals surface area contributed by atoms with Gasteiger partial charge in [0.1, 0.15) is 0 Å². The molecule has 0 aliphatic carbocycles. The molecule has 0 bridgehead atoms. The number of rotatable bonds is 5. The monoisotopic (exact) mass is 548 g/mol. The summed E-state index contributed by atoms with van der Waals surface area (Å²) in [5.41, 5.74) is 0. The molecule has 0 aromatic rings. The SMILES string of the molecule is O.[CH2+]CCCCCC[CH2-].[CH2][Si](C)(C)C.[CH2][Si](C)(C)C.[HH].[HH].[Sn].[Sn]. The van der Waals surface area contributed by atoms with Crippen molar-refractivity contribution in [3.63, 3.8) is 0 Å². The molecule has 0 rings (SSSR count). The van der Waals surface area contributed by atoms with Crippen molar-refractivity contribution in [1.82, 2.24) is 0 Å². The normalized spacial score (nSPS) is 9.38. The van der Waals surface area contributed by atoms with E-state index in [1.165, 1.54) is 25.7 Å². The zero-order valence-corrected chi connectivity index (χ0v) is 23.3. The molecule has 5 heteroatoms. The van der Waals surface area contributed by atoms with Crippen LogP contribution in [0.3, 0.4) is 0 Å². The zero-order valence-electron chi connectivity index (χ0n) is 15.6. The molecule has 21 heavy (non-hydrogen) atoms. The molecule has 0 aliphatic heterocycles. The van der Waals surface area contributed by atoms with Gasteiger partial charge >= 0.3 is 0 Å². The van der Waals surface area contributed by atoms with Gasteiger partial charge in [-0.2, -0.15) is 6.42 Å². The van der Waals surface area contributed by atoms with E-state index in [0.29, 0.717) is 0 Å². The quantitative estimate of drug-likeness (QED) is 0.255. The maximum absolute atomic E-state index is 3.91. The van der Waals surface area contributed by atoms with Crippen molar-refractivity contribution in [1.29, 1.82) is 0 Å². The molecule has 0 atom stereocenters. The summed E-state index contributed by atoms with van der Waals surface area (Å²) >= 11 is 0. The van der Waals surface area contributed by atoms with Crippen molar-refractivity contribution >= 4 is 64.0 Å². The van der Waals surface area contributed by atoms with Crippen LogP contribution in [0.25, 0.3) is 0 Å². The van der Waals surface area contributed by atoms with Crippen molar-refractivity contribution in [2.45, 2.75) is 77.8 Å². The van der Waals surface area contributed by atoms with Crippen LogP contribution in [0.5, 0.6) is 0 Å². The molecule has 0 spiro atoms. The largest absolute Gasteiger partial charge is 0.412 e. The Morgan fingerprint density at radius 2 is 1.05 bits per heavy atom. The van der Waals surface area contributed by atoms with E-state index in [9.17, 15) is 0 Å². The van der Waals surface area contributed by atoms with Gasteiger partial charge in [0.15, 0.2) is 0 Å². The van der Waals surface area contributed by atoms with E-state index in [0.717, 1.165) is 12.8 Å². The molecule has 130 valence electrons. The fraction of sp³-hybridized carbons (Fsp3) is 0.750. The zero-order chi connectivity index (χ0) is 15.2. The van der Waals surface area contributed by atoms with Gasteiger partial charge in [-0.3, -0.25) is 0 Å². The molecule has 2 N–H and O–H groups in total. The molecule has 1 nitrogen and oxygen atoms in total. The fourth-order valence-corrected chi connectivity index (χ4v) is 0.707. The molecule has 0 aromatic heterocycles. The second-order valence-electron chi connectivity index (χ2n) is 7.24. The Labute approximate surface area is 176 Å². The van der Waals surface area contributed by atoms with Gasteiger partial charge in [-0.15, -0.1) is 0 Å². The molecule has 0 amide bonds. The Bertz CT molecular complexity index is 135. The molecular formula is C16H44OSi2Sn2. The van der Waals surface area contributed by atoms with Gasteiger partial charge in [-0.25, -0.2) is 0 Å². The Kier molecular flexibility index (Phi) is 44.1. The van der Waals surface area contributed by atoms with Gasteiger partial charge in [0.05, 0.1) is 13.3 Å². The van der Waals surface area contributed by atoms with Gasteiger partial charge in [0.25, 0.3) is 0 Å². The van der Waals surface area contributed by atoms with Crippen LogP contribution in [0.2, 0.25) is 39.3 Å². The molecule has 0 saturated heterocycles. The minimum absolute atomic E-state index is 0. The molecule has 10 radical (unpaired) electrons. The fourth-order valence-electron chi connectivity index (χ4n) is 0.707. The summed E-state index contributed by atoms with van der Waals surface area (Å²) in [7, 11) is -1.72. The van der Waals surface area contributed by atoms with Crippen LogP contribution in [0, 0.1) is 26.9 Å². The average Bonchev–Trinajstić information content (AvgIpc) is 2.07. The average molecular weight is 546 g/mol. The molecule has 0 unspecified atom stereocenters. The van der Waals surface area contributed by atoms with E-state index in [1.54, 1.807) is 0 Å². The third-order valence-corrected chi connectivity index (χ3v) is 1.25. The molecule has 0 fully saturated rings. The number of unbranched alkanes of at least 4 members (excludes halogenated alkanes) is 5. The summed E-state index contributed by atoms with van der Waals surface area (Å²) in [6, 6.07) is 0. The van der Waals surface area contributed by atoms with Crippen molar-refractivity contribution in [3.05, 3.63) is 26.9 Å². The molecular weight excluding hydrogens is 502 g/mol. The van der Waals surface area contributed by atoms with Gasteiger partial charge in [0.2, 0.25) is 0 Å². The molecule has 0 heterocycles. The van der Waals surface area contributed by atoms with Gasteiger partial charge < -0.3 is 12.4 Å². The molecule has 0 aliphatic rings. The smallest absolute Gasteiger partial charge is 0.0850 e. The van der Waals surface area contributed by atoms with Crippen LogP contribution in [-0.2, 0) is 0 Å². The minimum Gasteiger partial charge on any atom is -0.412 e. The van der Waals surface area contributed by atoms with Crippen molar-refractivity contribution in [3.8, 4) is 0 Å². The first kappa shape index (κ1) is 38.4. The third-order valence-electron chi connectivity index (χ3n) is 1.25. The Morgan fingerprint density at radius 3 is 1.24 bits per heavy atom. The van der Waals surface area contributed by atoms with Crippen LogP contribution < -0.4 is 0 Å². The van der Waals surface area contributed by atoms with Gasteiger partial charge in [-0.05, 0) is 12.8 Å². The number of hydrogen-bond donors (Lipinski definition) is 0. The first-order valence-electron chi connectivity index (χ1n) is 7.21. The van der Waals surface area contributed by atoms with Crippen LogP contribution in [-0.4, -0.2) is 69.4 Å². The predicted molar refractivity (Wildman–Crippen MR) is 115 cm³/mol.